The lowest BCUT2D eigenvalue weighted by Crippen LogP contribution is -2.28. The highest BCUT2D eigenvalue weighted by atomic mass is 16.2. The summed E-state index contributed by atoms with van der Waals surface area (Å²) in [6.45, 7) is 3.77. The molecule has 1 fully saturated rings. The SMILES string of the molecule is Cc1cccc(C)c1NC(=O)CC1C(=O)NNC1=O. The third kappa shape index (κ3) is 2.73. The highest BCUT2D eigenvalue weighted by molar-refractivity contribution is 6.09. The molecule has 1 heterocycles. The maximum Gasteiger partial charge on any atom is 0.251 e. The number of amides is 3. The molecule has 100 valence electrons. The van der Waals surface area contributed by atoms with E-state index in [1.54, 1.807) is 0 Å². The van der Waals surface area contributed by atoms with Crippen LogP contribution in [0.1, 0.15) is 17.5 Å². The van der Waals surface area contributed by atoms with Gasteiger partial charge in [-0.3, -0.25) is 25.2 Å². The van der Waals surface area contributed by atoms with Crippen molar-refractivity contribution in [1.82, 2.24) is 10.9 Å². The second kappa shape index (κ2) is 5.09. The van der Waals surface area contributed by atoms with Crippen molar-refractivity contribution in [2.24, 2.45) is 5.92 Å². The van der Waals surface area contributed by atoms with Crippen LogP contribution in [0.5, 0.6) is 0 Å². The summed E-state index contributed by atoms with van der Waals surface area (Å²) in [5.74, 6) is -2.25. The van der Waals surface area contributed by atoms with E-state index in [4.69, 9.17) is 0 Å². The summed E-state index contributed by atoms with van der Waals surface area (Å²) in [6.07, 6.45) is -0.161. The smallest absolute Gasteiger partial charge is 0.251 e. The first kappa shape index (κ1) is 13.1. The van der Waals surface area contributed by atoms with Gasteiger partial charge in [0, 0.05) is 12.1 Å². The Hall–Kier alpha value is -2.37. The third-order valence-corrected chi connectivity index (χ3v) is 3.08. The molecule has 0 saturated carbocycles. The molecule has 0 spiro atoms. The fourth-order valence-electron chi connectivity index (χ4n) is 1.99. The summed E-state index contributed by atoms with van der Waals surface area (Å²) in [4.78, 5) is 34.6. The van der Waals surface area contributed by atoms with Crippen molar-refractivity contribution in [2.75, 3.05) is 5.32 Å². The number of nitrogens with one attached hydrogen (secondary N) is 3. The van der Waals surface area contributed by atoms with Gasteiger partial charge in [-0.15, -0.1) is 0 Å². The minimum Gasteiger partial charge on any atom is -0.326 e. The van der Waals surface area contributed by atoms with Gasteiger partial charge in [0.25, 0.3) is 11.8 Å². The van der Waals surface area contributed by atoms with Crippen LogP contribution in [0.2, 0.25) is 0 Å². The number of hydrazine groups is 1. The fourth-order valence-corrected chi connectivity index (χ4v) is 1.99. The number of rotatable bonds is 3. The van der Waals surface area contributed by atoms with Crippen molar-refractivity contribution in [3.63, 3.8) is 0 Å². The van der Waals surface area contributed by atoms with Crippen molar-refractivity contribution >= 4 is 23.4 Å². The Labute approximate surface area is 110 Å². The summed E-state index contributed by atoms with van der Waals surface area (Å²) in [7, 11) is 0. The van der Waals surface area contributed by atoms with Crippen LogP contribution in [0.15, 0.2) is 18.2 Å². The van der Waals surface area contributed by atoms with E-state index in [-0.39, 0.29) is 12.3 Å². The minimum absolute atomic E-state index is 0.161. The van der Waals surface area contributed by atoms with E-state index >= 15 is 0 Å². The van der Waals surface area contributed by atoms with Gasteiger partial charge in [-0.25, -0.2) is 0 Å². The van der Waals surface area contributed by atoms with Crippen LogP contribution in [0, 0.1) is 19.8 Å². The number of carbonyl (C=O) groups is 3. The molecule has 19 heavy (non-hydrogen) atoms. The number of hydrogen-bond acceptors (Lipinski definition) is 3. The molecule has 6 nitrogen and oxygen atoms in total. The van der Waals surface area contributed by atoms with Crippen LogP contribution in [0.4, 0.5) is 5.69 Å². The lowest BCUT2D eigenvalue weighted by molar-refractivity contribution is -0.131. The standard InChI is InChI=1S/C13H15N3O3/c1-7-4-3-5-8(2)11(7)14-10(17)6-9-12(18)15-16-13(9)19/h3-5,9H,6H2,1-2H3,(H,14,17)(H,15,18)(H,16,19). The summed E-state index contributed by atoms with van der Waals surface area (Å²) >= 11 is 0. The summed E-state index contributed by atoms with van der Waals surface area (Å²) in [5, 5.41) is 2.75. The second-order valence-corrected chi connectivity index (χ2v) is 4.55. The minimum atomic E-state index is -0.954. The van der Waals surface area contributed by atoms with Crippen molar-refractivity contribution in [2.45, 2.75) is 20.3 Å². The average molecular weight is 261 g/mol. The van der Waals surface area contributed by atoms with Gasteiger partial charge < -0.3 is 5.32 Å². The average Bonchev–Trinajstić information content (AvgIpc) is 2.66. The highest BCUT2D eigenvalue weighted by Gasteiger charge is 2.34. The lowest BCUT2D eigenvalue weighted by Gasteiger charge is -2.12. The van der Waals surface area contributed by atoms with Crippen LogP contribution in [-0.2, 0) is 14.4 Å². The van der Waals surface area contributed by atoms with E-state index in [0.29, 0.717) is 0 Å². The first-order valence-electron chi connectivity index (χ1n) is 5.95. The molecule has 1 aromatic rings. The molecule has 1 saturated heterocycles. The van der Waals surface area contributed by atoms with E-state index in [1.165, 1.54) is 0 Å². The Bertz CT molecular complexity index is 518. The van der Waals surface area contributed by atoms with Crippen molar-refractivity contribution in [3.8, 4) is 0 Å². The fraction of sp³-hybridized carbons (Fsp3) is 0.308. The second-order valence-electron chi connectivity index (χ2n) is 4.55. The van der Waals surface area contributed by atoms with E-state index in [2.05, 4.69) is 16.2 Å². The first-order chi connectivity index (χ1) is 8.99. The number of aryl methyl sites for hydroxylation is 2. The molecule has 1 aromatic carbocycles. The number of para-hydroxylation sites is 1. The number of carbonyl (C=O) groups excluding carboxylic acids is 3. The van der Waals surface area contributed by atoms with Crippen LogP contribution < -0.4 is 16.2 Å². The van der Waals surface area contributed by atoms with Gasteiger partial charge in [0.2, 0.25) is 5.91 Å². The Morgan fingerprint density at radius 2 is 1.68 bits per heavy atom. The monoisotopic (exact) mass is 261 g/mol. The van der Waals surface area contributed by atoms with Crippen molar-refractivity contribution in [1.29, 1.82) is 0 Å². The Balaban J connectivity index is 2.06. The predicted octanol–water partition coefficient (Wildman–Crippen LogP) is 0.409. The molecule has 0 radical (unpaired) electrons. The van der Waals surface area contributed by atoms with Gasteiger partial charge in [-0.1, -0.05) is 18.2 Å². The topological polar surface area (TPSA) is 87.3 Å². The van der Waals surface area contributed by atoms with E-state index < -0.39 is 17.7 Å². The largest absolute Gasteiger partial charge is 0.326 e. The molecule has 0 bridgehead atoms. The molecule has 2 rings (SSSR count). The van der Waals surface area contributed by atoms with Crippen molar-refractivity contribution < 1.29 is 14.4 Å². The normalized spacial score (nSPS) is 15.1. The summed E-state index contributed by atoms with van der Waals surface area (Å²) in [5.41, 5.74) is 6.99. The zero-order valence-electron chi connectivity index (χ0n) is 10.7. The lowest BCUT2D eigenvalue weighted by atomic mass is 10.0. The predicted molar refractivity (Wildman–Crippen MR) is 68.9 cm³/mol. The molecular formula is C13H15N3O3. The van der Waals surface area contributed by atoms with Crippen LogP contribution >= 0.6 is 0 Å². The van der Waals surface area contributed by atoms with Gasteiger partial charge in [0.05, 0.1) is 0 Å². The Morgan fingerprint density at radius 1 is 1.16 bits per heavy atom. The Kier molecular flexibility index (Phi) is 3.50. The molecule has 0 aliphatic carbocycles. The Morgan fingerprint density at radius 3 is 2.21 bits per heavy atom. The quantitative estimate of drug-likeness (QED) is 0.689. The molecule has 3 amide bonds. The number of benzene rings is 1. The first-order valence-corrected chi connectivity index (χ1v) is 5.95. The zero-order valence-corrected chi connectivity index (χ0v) is 10.7. The molecule has 1 aliphatic heterocycles. The van der Waals surface area contributed by atoms with Gasteiger partial charge in [-0.2, -0.15) is 0 Å². The highest BCUT2D eigenvalue weighted by Crippen LogP contribution is 2.20. The molecule has 0 unspecified atom stereocenters. The molecular weight excluding hydrogens is 246 g/mol. The van der Waals surface area contributed by atoms with E-state index in [0.717, 1.165) is 16.8 Å². The molecule has 0 atom stereocenters. The van der Waals surface area contributed by atoms with Crippen LogP contribution in [0.25, 0.3) is 0 Å². The van der Waals surface area contributed by atoms with Gasteiger partial charge in [-0.05, 0) is 25.0 Å². The summed E-state index contributed by atoms with van der Waals surface area (Å²) in [6, 6.07) is 5.67. The summed E-state index contributed by atoms with van der Waals surface area (Å²) < 4.78 is 0. The van der Waals surface area contributed by atoms with Crippen molar-refractivity contribution in [3.05, 3.63) is 29.3 Å². The maximum absolute atomic E-state index is 11.9. The van der Waals surface area contributed by atoms with Gasteiger partial charge >= 0.3 is 0 Å². The third-order valence-electron chi connectivity index (χ3n) is 3.08. The number of hydrogen-bond donors (Lipinski definition) is 3. The van der Waals surface area contributed by atoms with E-state index in [1.807, 2.05) is 32.0 Å². The van der Waals surface area contributed by atoms with Crippen LogP contribution in [-0.4, -0.2) is 17.7 Å². The molecule has 0 aromatic heterocycles. The van der Waals surface area contributed by atoms with Crippen LogP contribution in [0.3, 0.4) is 0 Å². The maximum atomic E-state index is 11.9. The molecule has 3 N–H and O–H groups in total. The molecule has 6 heteroatoms. The van der Waals surface area contributed by atoms with Gasteiger partial charge in [0.15, 0.2) is 0 Å². The molecule has 1 aliphatic rings. The van der Waals surface area contributed by atoms with Gasteiger partial charge in [0.1, 0.15) is 5.92 Å². The number of anilines is 1. The van der Waals surface area contributed by atoms with E-state index in [9.17, 15) is 14.4 Å². The zero-order chi connectivity index (χ0) is 14.0.